The van der Waals surface area contributed by atoms with Gasteiger partial charge >= 0.3 is 0 Å². The van der Waals surface area contributed by atoms with Gasteiger partial charge in [0.15, 0.2) is 0 Å². The summed E-state index contributed by atoms with van der Waals surface area (Å²) in [6, 6.07) is 5.22. The van der Waals surface area contributed by atoms with Crippen LogP contribution in [0.5, 0.6) is 5.75 Å². The van der Waals surface area contributed by atoms with Crippen molar-refractivity contribution < 1.29 is 4.74 Å². The van der Waals surface area contributed by atoms with Crippen molar-refractivity contribution in [2.24, 2.45) is 5.92 Å². The van der Waals surface area contributed by atoms with Crippen LogP contribution in [0.15, 0.2) is 12.1 Å². The number of nitrogens with zero attached hydrogens (tertiary/aromatic N) is 2. The molecule has 2 atom stereocenters. The number of aryl methyl sites for hydroxylation is 2. The van der Waals surface area contributed by atoms with Crippen LogP contribution in [0.3, 0.4) is 0 Å². The van der Waals surface area contributed by atoms with Crippen molar-refractivity contribution in [1.29, 1.82) is 0 Å². The lowest BCUT2D eigenvalue weighted by Crippen LogP contribution is -2.43. The SMILES string of the molecule is COc1c(C)cc(C)cc1CN1C[C@@H]2CC[C@H]1CN(C)C2. The zero-order valence-corrected chi connectivity index (χ0v) is 13.9. The average Bonchev–Trinajstić information content (AvgIpc) is 2.67. The van der Waals surface area contributed by atoms with E-state index in [0.717, 1.165) is 18.2 Å². The Balaban J connectivity index is 1.83. The van der Waals surface area contributed by atoms with E-state index in [-0.39, 0.29) is 0 Å². The minimum absolute atomic E-state index is 0.708. The van der Waals surface area contributed by atoms with Gasteiger partial charge in [0.1, 0.15) is 5.75 Å². The average molecular weight is 288 g/mol. The molecule has 0 radical (unpaired) electrons. The van der Waals surface area contributed by atoms with Gasteiger partial charge in [0.05, 0.1) is 7.11 Å². The Bertz CT molecular complexity index is 514. The van der Waals surface area contributed by atoms with Crippen molar-refractivity contribution in [3.8, 4) is 5.75 Å². The Kier molecular flexibility index (Phi) is 4.23. The summed E-state index contributed by atoms with van der Waals surface area (Å²) in [4.78, 5) is 5.20. The van der Waals surface area contributed by atoms with Crippen LogP contribution in [0, 0.1) is 19.8 Å². The Hall–Kier alpha value is -1.06. The highest BCUT2D eigenvalue weighted by Crippen LogP contribution is 2.32. The summed E-state index contributed by atoms with van der Waals surface area (Å²) in [7, 11) is 4.07. The first kappa shape index (κ1) is 14.9. The zero-order valence-electron chi connectivity index (χ0n) is 13.9. The Labute approximate surface area is 128 Å². The molecule has 0 aliphatic carbocycles. The van der Waals surface area contributed by atoms with Crippen molar-refractivity contribution in [3.05, 3.63) is 28.8 Å². The number of benzene rings is 1. The summed E-state index contributed by atoms with van der Waals surface area (Å²) in [6.45, 7) is 9.07. The maximum absolute atomic E-state index is 5.67. The largest absolute Gasteiger partial charge is 0.496 e. The van der Waals surface area contributed by atoms with Gasteiger partial charge < -0.3 is 9.64 Å². The lowest BCUT2D eigenvalue weighted by atomic mass is 9.94. The number of hydrogen-bond acceptors (Lipinski definition) is 3. The first-order chi connectivity index (χ1) is 10.1. The van der Waals surface area contributed by atoms with E-state index in [1.165, 1.54) is 49.2 Å². The molecule has 0 spiro atoms. The summed E-state index contributed by atoms with van der Waals surface area (Å²) < 4.78 is 5.67. The van der Waals surface area contributed by atoms with Gasteiger partial charge in [0.2, 0.25) is 0 Å². The molecule has 0 N–H and O–H groups in total. The number of ether oxygens (including phenoxy) is 1. The molecule has 3 saturated heterocycles. The molecule has 21 heavy (non-hydrogen) atoms. The van der Waals surface area contributed by atoms with E-state index < -0.39 is 0 Å². The summed E-state index contributed by atoms with van der Waals surface area (Å²) >= 11 is 0. The molecule has 116 valence electrons. The van der Waals surface area contributed by atoms with Crippen molar-refractivity contribution in [1.82, 2.24) is 9.80 Å². The molecular formula is C18H28N2O. The number of likely N-dealkylation sites (N-methyl/N-ethyl adjacent to an activating group) is 1. The lowest BCUT2D eigenvalue weighted by Gasteiger charge is -2.36. The van der Waals surface area contributed by atoms with Crippen LogP contribution in [0.4, 0.5) is 0 Å². The van der Waals surface area contributed by atoms with E-state index in [4.69, 9.17) is 4.74 Å². The maximum atomic E-state index is 5.67. The van der Waals surface area contributed by atoms with E-state index in [0.29, 0.717) is 6.04 Å². The summed E-state index contributed by atoms with van der Waals surface area (Å²) in [6.07, 6.45) is 2.75. The number of methoxy groups -OCH3 is 1. The monoisotopic (exact) mass is 288 g/mol. The molecule has 4 rings (SSSR count). The summed E-state index contributed by atoms with van der Waals surface area (Å²) in [5, 5.41) is 0. The predicted octanol–water partition coefficient (Wildman–Crippen LogP) is 2.84. The lowest BCUT2D eigenvalue weighted by molar-refractivity contribution is 0.123. The van der Waals surface area contributed by atoms with Crippen LogP contribution in [0.2, 0.25) is 0 Å². The quantitative estimate of drug-likeness (QED) is 0.850. The van der Waals surface area contributed by atoms with Crippen LogP contribution in [-0.4, -0.2) is 49.6 Å². The van der Waals surface area contributed by atoms with Gasteiger partial charge in [-0.1, -0.05) is 17.7 Å². The standard InChI is InChI=1S/C18H28N2O/c1-13-7-14(2)18(21-4)16(8-13)11-20-10-15-5-6-17(20)12-19(3)9-15/h7-8,15,17H,5-6,9-12H2,1-4H3/t15-,17+/m1/s1. The van der Waals surface area contributed by atoms with Crippen molar-refractivity contribution >= 4 is 0 Å². The third-order valence-corrected chi connectivity index (χ3v) is 5.08. The van der Waals surface area contributed by atoms with Gasteiger partial charge in [0, 0.05) is 37.8 Å². The molecular weight excluding hydrogens is 260 g/mol. The minimum Gasteiger partial charge on any atom is -0.496 e. The molecule has 2 bridgehead atoms. The second-order valence-electron chi connectivity index (χ2n) is 7.02. The molecule has 3 aliphatic heterocycles. The van der Waals surface area contributed by atoms with Crippen LogP contribution in [0.25, 0.3) is 0 Å². The van der Waals surface area contributed by atoms with E-state index in [1.54, 1.807) is 7.11 Å². The Morgan fingerprint density at radius 2 is 1.95 bits per heavy atom. The maximum Gasteiger partial charge on any atom is 0.126 e. The molecule has 0 unspecified atom stereocenters. The van der Waals surface area contributed by atoms with Gasteiger partial charge in [-0.05, 0) is 45.2 Å². The van der Waals surface area contributed by atoms with Gasteiger partial charge in [-0.15, -0.1) is 0 Å². The first-order valence-electron chi connectivity index (χ1n) is 8.13. The zero-order chi connectivity index (χ0) is 15.0. The molecule has 1 aromatic carbocycles. The molecule has 3 fully saturated rings. The van der Waals surface area contributed by atoms with E-state index in [9.17, 15) is 0 Å². The molecule has 3 heterocycles. The topological polar surface area (TPSA) is 15.7 Å². The van der Waals surface area contributed by atoms with Crippen molar-refractivity contribution in [3.63, 3.8) is 0 Å². The smallest absolute Gasteiger partial charge is 0.126 e. The number of rotatable bonds is 3. The molecule has 0 saturated carbocycles. The molecule has 0 aromatic heterocycles. The predicted molar refractivity (Wildman–Crippen MR) is 86.9 cm³/mol. The molecule has 3 heteroatoms. The molecule has 0 amide bonds. The second-order valence-corrected chi connectivity index (χ2v) is 7.02. The highest BCUT2D eigenvalue weighted by atomic mass is 16.5. The number of piperidine rings is 1. The third-order valence-electron chi connectivity index (χ3n) is 5.08. The van der Waals surface area contributed by atoms with E-state index >= 15 is 0 Å². The Morgan fingerprint density at radius 1 is 1.14 bits per heavy atom. The fourth-order valence-corrected chi connectivity index (χ4v) is 4.28. The molecule has 1 aromatic rings. The summed E-state index contributed by atoms with van der Waals surface area (Å²) in [5.41, 5.74) is 3.94. The number of fused-ring (bicyclic) bond motifs is 4. The number of hydrogen-bond donors (Lipinski definition) is 0. The molecule has 3 nitrogen and oxygen atoms in total. The van der Waals surface area contributed by atoms with Crippen LogP contribution >= 0.6 is 0 Å². The normalized spacial score (nSPS) is 26.9. The third kappa shape index (κ3) is 3.09. The van der Waals surface area contributed by atoms with Crippen molar-refractivity contribution in [2.75, 3.05) is 33.8 Å². The highest BCUT2D eigenvalue weighted by Gasteiger charge is 2.33. The van der Waals surface area contributed by atoms with E-state index in [1.807, 2.05) is 0 Å². The fourth-order valence-electron chi connectivity index (χ4n) is 4.28. The van der Waals surface area contributed by atoms with Gasteiger partial charge in [-0.3, -0.25) is 4.90 Å². The summed E-state index contributed by atoms with van der Waals surface area (Å²) in [5.74, 6) is 1.92. The highest BCUT2D eigenvalue weighted by molar-refractivity contribution is 5.43. The van der Waals surface area contributed by atoms with Gasteiger partial charge in [-0.25, -0.2) is 0 Å². The molecule has 3 aliphatic rings. The minimum atomic E-state index is 0.708. The second kappa shape index (κ2) is 5.98. The fraction of sp³-hybridized carbons (Fsp3) is 0.667. The van der Waals surface area contributed by atoms with Crippen LogP contribution in [0.1, 0.15) is 29.5 Å². The van der Waals surface area contributed by atoms with Crippen LogP contribution in [-0.2, 0) is 6.54 Å². The Morgan fingerprint density at radius 3 is 2.71 bits per heavy atom. The first-order valence-corrected chi connectivity index (χ1v) is 8.13. The van der Waals surface area contributed by atoms with Crippen molar-refractivity contribution in [2.45, 2.75) is 39.3 Å². The van der Waals surface area contributed by atoms with Gasteiger partial charge in [-0.2, -0.15) is 0 Å². The van der Waals surface area contributed by atoms with Crippen LogP contribution < -0.4 is 4.74 Å². The van der Waals surface area contributed by atoms with Gasteiger partial charge in [0.25, 0.3) is 0 Å². The van der Waals surface area contributed by atoms with E-state index in [2.05, 4.69) is 42.8 Å².